The minimum Gasteiger partial charge on any atom is -0.481 e. The number of hydrogen-bond acceptors (Lipinski definition) is 4. The van der Waals surface area contributed by atoms with Crippen LogP contribution in [0, 0.1) is 0 Å². The number of aliphatic carboxylic acids is 1. The predicted octanol–water partition coefficient (Wildman–Crippen LogP) is 0.772. The number of nitrogens with zero attached hydrogens (tertiary/aromatic N) is 3. The van der Waals surface area contributed by atoms with Crippen molar-refractivity contribution in [3.05, 3.63) is 6.33 Å². The van der Waals surface area contributed by atoms with Gasteiger partial charge in [0.25, 0.3) is 0 Å². The molecule has 13 heavy (non-hydrogen) atoms. The van der Waals surface area contributed by atoms with E-state index in [-0.39, 0.29) is 6.42 Å². The van der Waals surface area contributed by atoms with E-state index in [4.69, 9.17) is 5.11 Å². The summed E-state index contributed by atoms with van der Waals surface area (Å²) in [4.78, 5) is 10.2. The minimum atomic E-state index is -0.751. The largest absolute Gasteiger partial charge is 0.481 e. The molecule has 0 saturated carbocycles. The van der Waals surface area contributed by atoms with Gasteiger partial charge in [0, 0.05) is 19.2 Å². The van der Waals surface area contributed by atoms with Gasteiger partial charge in [-0.05, 0) is 6.42 Å². The second kappa shape index (κ2) is 4.86. The third-order valence-corrected chi connectivity index (χ3v) is 2.56. The first kappa shape index (κ1) is 10.0. The topological polar surface area (TPSA) is 68.0 Å². The van der Waals surface area contributed by atoms with Crippen molar-refractivity contribution in [3.8, 4) is 0 Å². The van der Waals surface area contributed by atoms with E-state index in [1.165, 1.54) is 11.8 Å². The smallest absolute Gasteiger partial charge is 0.303 e. The zero-order valence-electron chi connectivity index (χ0n) is 7.30. The van der Waals surface area contributed by atoms with Crippen LogP contribution >= 0.6 is 11.8 Å². The number of carbonyl (C=O) groups is 1. The number of hydrogen-bond donors (Lipinski definition) is 1. The second-order valence-electron chi connectivity index (χ2n) is 2.57. The molecule has 0 saturated heterocycles. The summed E-state index contributed by atoms with van der Waals surface area (Å²) in [7, 11) is 1.86. The highest BCUT2D eigenvalue weighted by atomic mass is 32.2. The molecule has 0 aliphatic rings. The van der Waals surface area contributed by atoms with Crippen LogP contribution in [0.4, 0.5) is 0 Å². The van der Waals surface area contributed by atoms with Crippen LogP contribution in [0.1, 0.15) is 12.8 Å². The van der Waals surface area contributed by atoms with Gasteiger partial charge in [0.1, 0.15) is 6.33 Å². The Labute approximate surface area is 80.2 Å². The second-order valence-corrected chi connectivity index (χ2v) is 3.63. The Morgan fingerprint density at radius 3 is 3.08 bits per heavy atom. The number of rotatable bonds is 5. The van der Waals surface area contributed by atoms with E-state index in [9.17, 15) is 4.79 Å². The normalized spacial score (nSPS) is 10.2. The maximum atomic E-state index is 10.2. The summed E-state index contributed by atoms with van der Waals surface area (Å²) in [5, 5.41) is 16.8. The first-order chi connectivity index (χ1) is 6.20. The average molecular weight is 201 g/mol. The zero-order chi connectivity index (χ0) is 9.68. The number of aromatic nitrogens is 3. The SMILES string of the molecule is Cn1cnnc1SCCCC(=O)O. The predicted molar refractivity (Wildman–Crippen MR) is 48.6 cm³/mol. The molecule has 0 amide bonds. The van der Waals surface area contributed by atoms with Crippen LogP contribution in [0.3, 0.4) is 0 Å². The molecule has 0 unspecified atom stereocenters. The quantitative estimate of drug-likeness (QED) is 0.563. The highest BCUT2D eigenvalue weighted by molar-refractivity contribution is 7.99. The van der Waals surface area contributed by atoms with Gasteiger partial charge in [-0.2, -0.15) is 0 Å². The van der Waals surface area contributed by atoms with Crippen LogP contribution in [0.15, 0.2) is 11.5 Å². The molecule has 1 heterocycles. The van der Waals surface area contributed by atoms with E-state index < -0.39 is 5.97 Å². The summed E-state index contributed by atoms with van der Waals surface area (Å²) in [5.41, 5.74) is 0. The van der Waals surface area contributed by atoms with Crippen molar-refractivity contribution in [2.75, 3.05) is 5.75 Å². The molecular weight excluding hydrogens is 190 g/mol. The summed E-state index contributed by atoms with van der Waals surface area (Å²) in [6, 6.07) is 0. The Morgan fingerprint density at radius 2 is 2.54 bits per heavy atom. The molecule has 0 aliphatic heterocycles. The summed E-state index contributed by atoms with van der Waals surface area (Å²) >= 11 is 1.52. The van der Waals surface area contributed by atoms with Gasteiger partial charge in [-0.25, -0.2) is 0 Å². The molecule has 1 rings (SSSR count). The Balaban J connectivity index is 2.20. The van der Waals surface area contributed by atoms with E-state index in [1.54, 1.807) is 6.33 Å². The van der Waals surface area contributed by atoms with E-state index >= 15 is 0 Å². The fourth-order valence-corrected chi connectivity index (χ4v) is 1.62. The number of carboxylic acids is 1. The maximum Gasteiger partial charge on any atom is 0.303 e. The lowest BCUT2D eigenvalue weighted by atomic mass is 10.3. The number of thioether (sulfide) groups is 1. The van der Waals surface area contributed by atoms with Crippen LogP contribution in [0.5, 0.6) is 0 Å². The lowest BCUT2D eigenvalue weighted by Gasteiger charge is -1.97. The molecule has 5 nitrogen and oxygen atoms in total. The van der Waals surface area contributed by atoms with Crippen LogP contribution in [0.25, 0.3) is 0 Å². The molecule has 0 bridgehead atoms. The highest BCUT2D eigenvalue weighted by Crippen LogP contribution is 2.14. The lowest BCUT2D eigenvalue weighted by molar-refractivity contribution is -0.137. The van der Waals surface area contributed by atoms with Crippen molar-refractivity contribution in [1.82, 2.24) is 14.8 Å². The Kier molecular flexibility index (Phi) is 3.75. The number of aryl methyl sites for hydroxylation is 1. The van der Waals surface area contributed by atoms with Crippen LogP contribution in [-0.2, 0) is 11.8 Å². The Hall–Kier alpha value is -1.04. The molecule has 0 atom stereocenters. The molecule has 1 aromatic rings. The van der Waals surface area contributed by atoms with E-state index in [0.29, 0.717) is 6.42 Å². The van der Waals surface area contributed by atoms with Gasteiger partial charge in [-0.15, -0.1) is 10.2 Å². The molecular formula is C7H11N3O2S. The van der Waals surface area contributed by atoms with Gasteiger partial charge in [0.15, 0.2) is 5.16 Å². The highest BCUT2D eigenvalue weighted by Gasteiger charge is 2.01. The van der Waals surface area contributed by atoms with Crippen molar-refractivity contribution in [2.24, 2.45) is 7.05 Å². The van der Waals surface area contributed by atoms with Crippen LogP contribution in [0.2, 0.25) is 0 Å². The minimum absolute atomic E-state index is 0.213. The molecule has 0 spiro atoms. The Bertz CT molecular complexity index is 287. The molecule has 0 aromatic carbocycles. The fourth-order valence-electron chi connectivity index (χ4n) is 0.790. The first-order valence-corrected chi connectivity index (χ1v) is 4.87. The fraction of sp³-hybridized carbons (Fsp3) is 0.571. The van der Waals surface area contributed by atoms with Gasteiger partial charge >= 0.3 is 5.97 Å². The molecule has 0 aliphatic carbocycles. The van der Waals surface area contributed by atoms with Crippen LogP contribution < -0.4 is 0 Å². The molecule has 0 radical (unpaired) electrons. The third-order valence-electron chi connectivity index (χ3n) is 1.44. The molecule has 1 aromatic heterocycles. The molecule has 0 fully saturated rings. The van der Waals surface area contributed by atoms with Crippen molar-refractivity contribution >= 4 is 17.7 Å². The van der Waals surface area contributed by atoms with Gasteiger partial charge in [-0.3, -0.25) is 4.79 Å². The van der Waals surface area contributed by atoms with E-state index in [1.807, 2.05) is 11.6 Å². The molecule has 72 valence electrons. The maximum absolute atomic E-state index is 10.2. The van der Waals surface area contributed by atoms with Crippen LogP contribution in [-0.4, -0.2) is 31.6 Å². The summed E-state index contributed by atoms with van der Waals surface area (Å²) in [5.74, 6) is 0.0114. The van der Waals surface area contributed by atoms with Crippen molar-refractivity contribution in [3.63, 3.8) is 0 Å². The van der Waals surface area contributed by atoms with Crippen molar-refractivity contribution < 1.29 is 9.90 Å². The summed E-state index contributed by atoms with van der Waals surface area (Å²) in [6.45, 7) is 0. The molecule has 1 N–H and O–H groups in total. The first-order valence-electron chi connectivity index (χ1n) is 3.88. The van der Waals surface area contributed by atoms with E-state index in [0.717, 1.165) is 10.9 Å². The van der Waals surface area contributed by atoms with Gasteiger partial charge in [-0.1, -0.05) is 11.8 Å². The van der Waals surface area contributed by atoms with Crippen molar-refractivity contribution in [1.29, 1.82) is 0 Å². The Morgan fingerprint density at radius 1 is 1.77 bits per heavy atom. The third kappa shape index (κ3) is 3.45. The van der Waals surface area contributed by atoms with Crippen molar-refractivity contribution in [2.45, 2.75) is 18.0 Å². The standard InChI is InChI=1S/C7H11N3O2S/c1-10-5-8-9-7(10)13-4-2-3-6(11)12/h5H,2-4H2,1H3,(H,11,12). The lowest BCUT2D eigenvalue weighted by Crippen LogP contribution is -1.96. The van der Waals surface area contributed by atoms with Gasteiger partial charge in [0.05, 0.1) is 0 Å². The average Bonchev–Trinajstić information content (AvgIpc) is 2.45. The monoisotopic (exact) mass is 201 g/mol. The summed E-state index contributed by atoms with van der Waals surface area (Å²) < 4.78 is 1.81. The summed E-state index contributed by atoms with van der Waals surface area (Å²) in [6.07, 6.45) is 2.50. The van der Waals surface area contributed by atoms with Gasteiger partial charge in [0.2, 0.25) is 0 Å². The van der Waals surface area contributed by atoms with E-state index in [2.05, 4.69) is 10.2 Å². The van der Waals surface area contributed by atoms with Gasteiger partial charge < -0.3 is 9.67 Å². The molecule has 6 heteroatoms. The zero-order valence-corrected chi connectivity index (χ0v) is 8.12. The number of carboxylic acid groups (broad SMARTS) is 1.